The average molecular weight is 569 g/mol. The summed E-state index contributed by atoms with van der Waals surface area (Å²) in [6.45, 7) is 11.0. The van der Waals surface area contributed by atoms with Gasteiger partial charge in [-0.15, -0.1) is 10.2 Å². The summed E-state index contributed by atoms with van der Waals surface area (Å²) in [6, 6.07) is 2.06. The molecule has 41 heavy (non-hydrogen) atoms. The molecule has 0 aromatic carbocycles. The first-order valence-corrected chi connectivity index (χ1v) is 14.8. The van der Waals surface area contributed by atoms with Crippen molar-refractivity contribution in [3.05, 3.63) is 35.8 Å². The number of aromatic nitrogens is 3. The zero-order valence-electron chi connectivity index (χ0n) is 25.1. The Morgan fingerprint density at radius 2 is 1.93 bits per heavy atom. The second kappa shape index (κ2) is 12.0. The summed E-state index contributed by atoms with van der Waals surface area (Å²) in [5, 5.41) is 11.6. The third-order valence-electron chi connectivity index (χ3n) is 8.02. The minimum absolute atomic E-state index is 0.147. The molecule has 2 saturated carbocycles. The van der Waals surface area contributed by atoms with Crippen LogP contribution in [0.3, 0.4) is 0 Å². The van der Waals surface area contributed by atoms with Gasteiger partial charge in [0.2, 0.25) is 12.3 Å². The molecule has 0 spiro atoms. The molecule has 3 aliphatic rings. The van der Waals surface area contributed by atoms with E-state index in [9.17, 15) is 9.59 Å². The fourth-order valence-electron chi connectivity index (χ4n) is 5.74. The summed E-state index contributed by atoms with van der Waals surface area (Å²) >= 11 is 0. The maximum Gasteiger partial charge on any atom is 0.410 e. The minimum Gasteiger partial charge on any atom is -0.444 e. The van der Waals surface area contributed by atoms with E-state index >= 15 is 0 Å². The van der Waals surface area contributed by atoms with Crippen LogP contribution in [0.4, 0.5) is 10.5 Å². The second-order valence-electron chi connectivity index (χ2n) is 13.2. The second-order valence-corrected chi connectivity index (χ2v) is 13.2. The number of likely N-dealkylation sites (tertiary alicyclic amines) is 1. The molecule has 0 unspecified atom stereocenters. The van der Waals surface area contributed by atoms with Crippen LogP contribution in [-0.4, -0.2) is 87.5 Å². The Hall–Kier alpha value is -3.21. The number of piperidine rings is 1. The highest BCUT2D eigenvalue weighted by atomic mass is 16.6. The molecule has 2 aromatic rings. The third kappa shape index (κ3) is 7.17. The van der Waals surface area contributed by atoms with E-state index in [-0.39, 0.29) is 35.9 Å². The van der Waals surface area contributed by atoms with Crippen molar-refractivity contribution < 1.29 is 23.5 Å². The van der Waals surface area contributed by atoms with Gasteiger partial charge in [0.15, 0.2) is 5.69 Å². The molecule has 3 fully saturated rings. The van der Waals surface area contributed by atoms with Crippen LogP contribution >= 0.6 is 0 Å². The lowest BCUT2D eigenvalue weighted by molar-refractivity contribution is 0.00506. The number of hydrogen-bond donors (Lipinski definition) is 1. The molecule has 224 valence electrons. The number of nitrogens with one attached hydrogen (secondary N) is 1. The summed E-state index contributed by atoms with van der Waals surface area (Å²) in [6.07, 6.45) is 7.66. The summed E-state index contributed by atoms with van der Waals surface area (Å²) in [5.74, 6) is 0.797. The Morgan fingerprint density at radius 1 is 1.17 bits per heavy atom. The van der Waals surface area contributed by atoms with Crippen LogP contribution in [0, 0.1) is 5.92 Å². The van der Waals surface area contributed by atoms with Gasteiger partial charge >= 0.3 is 6.09 Å². The van der Waals surface area contributed by atoms with Crippen molar-refractivity contribution in [3.8, 4) is 0 Å². The van der Waals surface area contributed by atoms with E-state index in [1.54, 1.807) is 12.0 Å². The first kappa shape index (κ1) is 29.3. The first-order chi connectivity index (χ1) is 19.5. The van der Waals surface area contributed by atoms with Crippen LogP contribution in [0.5, 0.6) is 0 Å². The maximum absolute atomic E-state index is 14.4. The maximum atomic E-state index is 14.4. The van der Waals surface area contributed by atoms with Gasteiger partial charge in [-0.1, -0.05) is 13.8 Å². The van der Waals surface area contributed by atoms with Crippen LogP contribution in [-0.2, 0) is 9.47 Å². The van der Waals surface area contributed by atoms with E-state index in [0.29, 0.717) is 43.6 Å². The van der Waals surface area contributed by atoms with Crippen molar-refractivity contribution in [2.24, 2.45) is 5.92 Å². The molecule has 0 bridgehead atoms. The summed E-state index contributed by atoms with van der Waals surface area (Å²) in [5.41, 5.74) is 1.72. The van der Waals surface area contributed by atoms with Crippen molar-refractivity contribution in [2.75, 3.05) is 32.1 Å². The predicted octanol–water partition coefficient (Wildman–Crippen LogP) is 4.82. The van der Waals surface area contributed by atoms with Crippen molar-refractivity contribution >= 4 is 17.7 Å². The van der Waals surface area contributed by atoms with Crippen molar-refractivity contribution in [2.45, 2.75) is 102 Å². The van der Waals surface area contributed by atoms with Crippen LogP contribution in [0.2, 0.25) is 0 Å². The molecular formula is C30H44N6O5. The first-order valence-electron chi connectivity index (χ1n) is 14.8. The highest BCUT2D eigenvalue weighted by Gasteiger charge is 2.40. The van der Waals surface area contributed by atoms with Crippen molar-refractivity contribution in [1.82, 2.24) is 25.0 Å². The topological polar surface area (TPSA) is 123 Å². The van der Waals surface area contributed by atoms with Crippen molar-refractivity contribution in [3.63, 3.8) is 0 Å². The van der Waals surface area contributed by atoms with Crippen LogP contribution in [0.1, 0.15) is 101 Å². The molecule has 0 radical (unpaired) electrons. The number of amides is 2. The molecule has 3 heterocycles. The zero-order valence-corrected chi connectivity index (χ0v) is 25.1. The molecule has 2 amide bonds. The molecule has 11 nitrogen and oxygen atoms in total. The molecule has 2 atom stereocenters. The van der Waals surface area contributed by atoms with E-state index in [1.807, 2.05) is 31.9 Å². The van der Waals surface area contributed by atoms with Gasteiger partial charge in [-0.05, 0) is 76.3 Å². The van der Waals surface area contributed by atoms with Crippen LogP contribution < -0.4 is 5.32 Å². The van der Waals surface area contributed by atoms with E-state index in [1.165, 1.54) is 12.0 Å². The number of rotatable bonds is 9. The molecule has 1 aliphatic heterocycles. The molecule has 2 aromatic heterocycles. The number of carbonyl (C=O) groups is 2. The average Bonchev–Trinajstić information content (AvgIpc) is 3.60. The lowest BCUT2D eigenvalue weighted by Gasteiger charge is -2.42. The van der Waals surface area contributed by atoms with Gasteiger partial charge in [0.05, 0.1) is 23.8 Å². The lowest BCUT2D eigenvalue weighted by Crippen LogP contribution is -2.55. The Morgan fingerprint density at radius 3 is 2.54 bits per heavy atom. The SMILES string of the molecule is COC1CC(Nc2cc(C3CC3)cnc2C(=O)N(CC(C)C)[C@H]2C[C@@H](c3nnco3)CN(C(=O)OC(C)(C)C)C2)C1. The Labute approximate surface area is 242 Å². The summed E-state index contributed by atoms with van der Waals surface area (Å²) in [4.78, 5) is 36.0. The molecular weight excluding hydrogens is 524 g/mol. The number of pyridine rings is 1. The Bertz CT molecular complexity index is 1200. The number of methoxy groups -OCH3 is 1. The van der Waals surface area contributed by atoms with Gasteiger partial charge in [0.25, 0.3) is 5.91 Å². The van der Waals surface area contributed by atoms with Crippen LogP contribution in [0.15, 0.2) is 23.1 Å². The molecule has 1 N–H and O–H groups in total. The standard InChI is InChI=1S/C30H44N6O5/c1-18(2)14-36(23-9-21(27-34-32-17-40-27)15-35(16-23)29(38)41-30(3,4)5)28(37)26-25(33-22-11-24(12-22)39-6)10-20(13-31-26)19-7-8-19/h10,13,17-19,21-24,33H,7-9,11-12,14-16H2,1-6H3/t21-,22?,23+,24?/m1/s1. The van der Waals surface area contributed by atoms with Crippen LogP contribution in [0.25, 0.3) is 0 Å². The largest absolute Gasteiger partial charge is 0.444 e. The number of carbonyl (C=O) groups excluding carboxylic acids is 2. The van der Waals surface area contributed by atoms with Gasteiger partial charge < -0.3 is 29.0 Å². The monoisotopic (exact) mass is 568 g/mol. The number of ether oxygens (including phenoxy) is 2. The molecule has 5 rings (SSSR count). The summed E-state index contributed by atoms with van der Waals surface area (Å²) < 4.78 is 16.8. The van der Waals surface area contributed by atoms with Gasteiger partial charge in [-0.2, -0.15) is 0 Å². The van der Waals surface area contributed by atoms with Crippen molar-refractivity contribution in [1.29, 1.82) is 0 Å². The van der Waals surface area contributed by atoms with E-state index < -0.39 is 11.7 Å². The van der Waals surface area contributed by atoms with E-state index in [2.05, 4.69) is 35.4 Å². The number of hydrogen-bond acceptors (Lipinski definition) is 9. The van der Waals surface area contributed by atoms with E-state index in [0.717, 1.165) is 31.4 Å². The fraction of sp³-hybridized carbons (Fsp3) is 0.700. The lowest BCUT2D eigenvalue weighted by atomic mass is 9.89. The predicted molar refractivity (Wildman–Crippen MR) is 153 cm³/mol. The normalized spacial score (nSPS) is 24.6. The summed E-state index contributed by atoms with van der Waals surface area (Å²) in [7, 11) is 1.74. The van der Waals surface area contributed by atoms with Gasteiger partial charge in [-0.3, -0.25) is 4.79 Å². The highest BCUT2D eigenvalue weighted by Crippen LogP contribution is 2.41. The Balaban J connectivity index is 1.44. The van der Waals surface area contributed by atoms with Gasteiger partial charge in [0.1, 0.15) is 5.60 Å². The number of anilines is 1. The Kier molecular flexibility index (Phi) is 8.54. The molecule has 1 saturated heterocycles. The molecule has 11 heteroatoms. The third-order valence-corrected chi connectivity index (χ3v) is 8.02. The number of nitrogens with zero attached hydrogens (tertiary/aromatic N) is 5. The van der Waals surface area contributed by atoms with Gasteiger partial charge in [0, 0.05) is 39.0 Å². The fourth-order valence-corrected chi connectivity index (χ4v) is 5.74. The zero-order chi connectivity index (χ0) is 29.3. The minimum atomic E-state index is -0.644. The smallest absolute Gasteiger partial charge is 0.410 e. The quantitative estimate of drug-likeness (QED) is 0.453. The highest BCUT2D eigenvalue weighted by molar-refractivity contribution is 5.98. The van der Waals surface area contributed by atoms with Gasteiger partial charge in [-0.25, -0.2) is 9.78 Å². The van der Waals surface area contributed by atoms with E-state index in [4.69, 9.17) is 18.9 Å². The molecule has 2 aliphatic carbocycles.